The van der Waals surface area contributed by atoms with E-state index in [0.29, 0.717) is 6.61 Å². The van der Waals surface area contributed by atoms with Crippen molar-refractivity contribution in [2.75, 3.05) is 39.5 Å². The van der Waals surface area contributed by atoms with Crippen molar-refractivity contribution in [1.29, 1.82) is 0 Å². The molecule has 0 atom stereocenters. The number of rotatable bonds is 4. The van der Waals surface area contributed by atoms with Crippen LogP contribution in [-0.2, 0) is 4.74 Å². The number of halogens is 1. The smallest absolute Gasteiger partial charge is 0.119 e. The summed E-state index contributed by atoms with van der Waals surface area (Å²) in [5.74, 6) is 0.905. The maximum Gasteiger partial charge on any atom is 0.119 e. The fourth-order valence-corrected chi connectivity index (χ4v) is 2.22. The average molecular weight is 270 g/mol. The molecular formula is C14H20ClNO2. The number of benzene rings is 1. The molecule has 1 fully saturated rings. The SMILES string of the molecule is Cc1cc(OCCN2CCOCC2)cc(C)c1Cl. The predicted octanol–water partition coefficient (Wildman–Crippen LogP) is 2.67. The molecule has 100 valence electrons. The van der Waals surface area contributed by atoms with Crippen LogP contribution in [0.2, 0.25) is 5.02 Å². The van der Waals surface area contributed by atoms with E-state index in [0.717, 1.165) is 54.7 Å². The molecule has 0 aliphatic carbocycles. The van der Waals surface area contributed by atoms with Gasteiger partial charge in [0, 0.05) is 24.7 Å². The predicted molar refractivity (Wildman–Crippen MR) is 73.7 cm³/mol. The first-order valence-electron chi connectivity index (χ1n) is 6.36. The zero-order valence-corrected chi connectivity index (χ0v) is 11.8. The number of nitrogens with zero attached hydrogens (tertiary/aromatic N) is 1. The first-order valence-corrected chi connectivity index (χ1v) is 6.74. The summed E-state index contributed by atoms with van der Waals surface area (Å²) in [6.07, 6.45) is 0. The summed E-state index contributed by atoms with van der Waals surface area (Å²) in [5, 5.41) is 0.829. The summed E-state index contributed by atoms with van der Waals surface area (Å²) in [4.78, 5) is 2.36. The second-order valence-electron chi connectivity index (χ2n) is 4.67. The molecule has 1 aromatic carbocycles. The van der Waals surface area contributed by atoms with Crippen molar-refractivity contribution in [2.45, 2.75) is 13.8 Å². The lowest BCUT2D eigenvalue weighted by atomic mass is 10.1. The standard InChI is InChI=1S/C14H20ClNO2/c1-11-9-13(10-12(2)14(11)15)18-8-5-16-3-6-17-7-4-16/h9-10H,3-8H2,1-2H3. The summed E-state index contributed by atoms with van der Waals surface area (Å²) in [6.45, 7) is 9.33. The molecule has 2 rings (SSSR count). The second kappa shape index (κ2) is 6.41. The zero-order valence-electron chi connectivity index (χ0n) is 11.0. The Kier molecular flexibility index (Phi) is 4.87. The molecule has 1 aliphatic heterocycles. The Morgan fingerprint density at radius 1 is 1.22 bits per heavy atom. The van der Waals surface area contributed by atoms with Gasteiger partial charge in [0.15, 0.2) is 0 Å². The van der Waals surface area contributed by atoms with Crippen LogP contribution in [0.25, 0.3) is 0 Å². The molecule has 0 spiro atoms. The molecule has 0 bridgehead atoms. The highest BCUT2D eigenvalue weighted by Crippen LogP contribution is 2.25. The molecule has 1 aromatic rings. The number of morpholine rings is 1. The minimum Gasteiger partial charge on any atom is -0.492 e. The van der Waals surface area contributed by atoms with Crippen molar-refractivity contribution in [1.82, 2.24) is 4.90 Å². The lowest BCUT2D eigenvalue weighted by molar-refractivity contribution is 0.0322. The number of hydrogen-bond acceptors (Lipinski definition) is 3. The Morgan fingerprint density at radius 2 is 1.83 bits per heavy atom. The van der Waals surface area contributed by atoms with Crippen molar-refractivity contribution in [3.8, 4) is 5.75 Å². The Bertz CT molecular complexity index is 380. The van der Waals surface area contributed by atoms with Crippen LogP contribution in [-0.4, -0.2) is 44.4 Å². The van der Waals surface area contributed by atoms with E-state index >= 15 is 0 Å². The van der Waals surface area contributed by atoms with Gasteiger partial charge in [0.25, 0.3) is 0 Å². The summed E-state index contributed by atoms with van der Waals surface area (Å²) < 4.78 is 11.1. The normalized spacial score (nSPS) is 16.8. The van der Waals surface area contributed by atoms with E-state index in [1.54, 1.807) is 0 Å². The van der Waals surface area contributed by atoms with Crippen molar-refractivity contribution in [2.24, 2.45) is 0 Å². The minimum absolute atomic E-state index is 0.709. The largest absolute Gasteiger partial charge is 0.492 e. The van der Waals surface area contributed by atoms with Gasteiger partial charge in [0.1, 0.15) is 12.4 Å². The van der Waals surface area contributed by atoms with Crippen LogP contribution in [0.3, 0.4) is 0 Å². The van der Waals surface area contributed by atoms with Crippen molar-refractivity contribution in [3.63, 3.8) is 0 Å². The Morgan fingerprint density at radius 3 is 2.44 bits per heavy atom. The molecule has 0 radical (unpaired) electrons. The van der Waals surface area contributed by atoms with Crippen molar-refractivity contribution >= 4 is 11.6 Å². The van der Waals surface area contributed by atoms with Gasteiger partial charge in [-0.05, 0) is 37.1 Å². The highest BCUT2D eigenvalue weighted by molar-refractivity contribution is 6.32. The third-order valence-corrected chi connectivity index (χ3v) is 3.79. The zero-order chi connectivity index (χ0) is 13.0. The highest BCUT2D eigenvalue weighted by atomic mass is 35.5. The second-order valence-corrected chi connectivity index (χ2v) is 5.05. The molecule has 0 unspecified atom stereocenters. The van der Waals surface area contributed by atoms with Gasteiger partial charge in [0.2, 0.25) is 0 Å². The van der Waals surface area contributed by atoms with Crippen LogP contribution in [0.1, 0.15) is 11.1 Å². The van der Waals surface area contributed by atoms with Gasteiger partial charge in [-0.15, -0.1) is 0 Å². The van der Waals surface area contributed by atoms with Crippen LogP contribution in [0.5, 0.6) is 5.75 Å². The molecule has 1 saturated heterocycles. The van der Waals surface area contributed by atoms with E-state index in [9.17, 15) is 0 Å². The first-order chi connectivity index (χ1) is 8.66. The molecule has 0 saturated carbocycles. The Hall–Kier alpha value is -0.770. The minimum atomic E-state index is 0.709. The Labute approximate surface area is 114 Å². The average Bonchev–Trinajstić information content (AvgIpc) is 2.37. The number of ether oxygens (including phenoxy) is 2. The summed E-state index contributed by atoms with van der Waals surface area (Å²) in [5.41, 5.74) is 2.14. The molecular weight excluding hydrogens is 250 g/mol. The fourth-order valence-electron chi connectivity index (χ4n) is 2.11. The lowest BCUT2D eigenvalue weighted by Gasteiger charge is -2.26. The van der Waals surface area contributed by atoms with Crippen molar-refractivity contribution < 1.29 is 9.47 Å². The quantitative estimate of drug-likeness (QED) is 0.839. The summed E-state index contributed by atoms with van der Waals surface area (Å²) >= 11 is 6.13. The molecule has 0 amide bonds. The summed E-state index contributed by atoms with van der Waals surface area (Å²) in [6, 6.07) is 3.99. The molecule has 4 heteroatoms. The molecule has 0 N–H and O–H groups in total. The van der Waals surface area contributed by atoms with E-state index in [4.69, 9.17) is 21.1 Å². The van der Waals surface area contributed by atoms with E-state index in [-0.39, 0.29) is 0 Å². The van der Waals surface area contributed by atoms with Gasteiger partial charge >= 0.3 is 0 Å². The van der Waals surface area contributed by atoms with Gasteiger partial charge in [-0.1, -0.05) is 11.6 Å². The van der Waals surface area contributed by atoms with Crippen LogP contribution in [0, 0.1) is 13.8 Å². The molecule has 3 nitrogen and oxygen atoms in total. The topological polar surface area (TPSA) is 21.7 Å². The van der Waals surface area contributed by atoms with Gasteiger partial charge in [0.05, 0.1) is 13.2 Å². The molecule has 18 heavy (non-hydrogen) atoms. The van der Waals surface area contributed by atoms with E-state index in [2.05, 4.69) is 4.90 Å². The molecule has 1 aliphatic rings. The van der Waals surface area contributed by atoms with E-state index in [1.165, 1.54) is 0 Å². The Balaban J connectivity index is 1.82. The van der Waals surface area contributed by atoms with Gasteiger partial charge in [-0.25, -0.2) is 0 Å². The number of aryl methyl sites for hydroxylation is 2. The highest BCUT2D eigenvalue weighted by Gasteiger charge is 2.10. The van der Waals surface area contributed by atoms with Crippen LogP contribution in [0.4, 0.5) is 0 Å². The van der Waals surface area contributed by atoms with Gasteiger partial charge in [-0.2, -0.15) is 0 Å². The van der Waals surface area contributed by atoms with Crippen LogP contribution >= 0.6 is 11.6 Å². The van der Waals surface area contributed by atoms with Crippen molar-refractivity contribution in [3.05, 3.63) is 28.3 Å². The third-order valence-electron chi connectivity index (χ3n) is 3.19. The fraction of sp³-hybridized carbons (Fsp3) is 0.571. The van der Waals surface area contributed by atoms with Gasteiger partial charge < -0.3 is 9.47 Å². The lowest BCUT2D eigenvalue weighted by Crippen LogP contribution is -2.38. The van der Waals surface area contributed by atoms with E-state index < -0.39 is 0 Å². The monoisotopic (exact) mass is 269 g/mol. The summed E-state index contributed by atoms with van der Waals surface area (Å²) in [7, 11) is 0. The van der Waals surface area contributed by atoms with Gasteiger partial charge in [-0.3, -0.25) is 4.90 Å². The van der Waals surface area contributed by atoms with E-state index in [1.807, 2.05) is 26.0 Å². The maximum atomic E-state index is 6.13. The number of hydrogen-bond donors (Lipinski definition) is 0. The van der Waals surface area contributed by atoms with Crippen LogP contribution in [0.15, 0.2) is 12.1 Å². The maximum absolute atomic E-state index is 6.13. The molecule has 0 aromatic heterocycles. The molecule has 1 heterocycles. The third kappa shape index (κ3) is 3.61. The van der Waals surface area contributed by atoms with Crippen LogP contribution < -0.4 is 4.74 Å². The first kappa shape index (κ1) is 13.7.